The summed E-state index contributed by atoms with van der Waals surface area (Å²) in [6.07, 6.45) is 4.95. The molecule has 0 aliphatic carbocycles. The van der Waals surface area contributed by atoms with Crippen LogP contribution in [0.5, 0.6) is 0 Å². The van der Waals surface area contributed by atoms with E-state index in [0.29, 0.717) is 0 Å². The van der Waals surface area contributed by atoms with E-state index in [0.717, 1.165) is 18.9 Å². The zero-order chi connectivity index (χ0) is 10.3. The van der Waals surface area contributed by atoms with Crippen molar-refractivity contribution in [1.82, 2.24) is 4.90 Å². The number of rotatable bonds is 6. The fraction of sp³-hybridized carbons (Fsp3) is 0.909. The first-order valence-corrected chi connectivity index (χ1v) is 5.29. The summed E-state index contributed by atoms with van der Waals surface area (Å²) < 4.78 is 0. The van der Waals surface area contributed by atoms with Crippen molar-refractivity contribution in [2.75, 3.05) is 13.6 Å². The van der Waals surface area contributed by atoms with E-state index in [1.165, 1.54) is 19.3 Å². The summed E-state index contributed by atoms with van der Waals surface area (Å²) in [6.45, 7) is 7.04. The molecule has 0 aliphatic heterocycles. The van der Waals surface area contributed by atoms with Crippen LogP contribution < -0.4 is 0 Å². The van der Waals surface area contributed by atoms with Crippen LogP contribution in [0.15, 0.2) is 0 Å². The monoisotopic (exact) mass is 185 g/mol. The maximum atomic E-state index is 10.9. The summed E-state index contributed by atoms with van der Waals surface area (Å²) in [5.41, 5.74) is 0. The Balaban J connectivity index is 3.39. The van der Waals surface area contributed by atoms with Gasteiger partial charge in [0.2, 0.25) is 5.91 Å². The fourth-order valence-electron chi connectivity index (χ4n) is 1.47. The number of carbonyl (C=O) groups excluding carboxylic acids is 1. The molecule has 1 atom stereocenters. The zero-order valence-corrected chi connectivity index (χ0v) is 9.47. The van der Waals surface area contributed by atoms with Crippen LogP contribution in [-0.2, 0) is 4.79 Å². The molecule has 0 spiro atoms. The number of nitrogens with zero attached hydrogens (tertiary/aromatic N) is 1. The molecular weight excluding hydrogens is 162 g/mol. The van der Waals surface area contributed by atoms with E-state index in [2.05, 4.69) is 13.8 Å². The molecule has 0 N–H and O–H groups in total. The molecule has 0 fully saturated rings. The highest BCUT2D eigenvalue weighted by Gasteiger charge is 2.03. The van der Waals surface area contributed by atoms with Crippen LogP contribution in [0.25, 0.3) is 0 Å². The van der Waals surface area contributed by atoms with Crippen LogP contribution in [0.4, 0.5) is 0 Å². The Morgan fingerprint density at radius 2 is 2.00 bits per heavy atom. The Morgan fingerprint density at radius 1 is 1.38 bits per heavy atom. The van der Waals surface area contributed by atoms with Crippen LogP contribution in [0, 0.1) is 5.92 Å². The molecule has 0 rings (SSSR count). The lowest BCUT2D eigenvalue weighted by Crippen LogP contribution is -2.25. The van der Waals surface area contributed by atoms with Gasteiger partial charge in [-0.25, -0.2) is 0 Å². The Morgan fingerprint density at radius 3 is 2.46 bits per heavy atom. The SMILES string of the molecule is CCCC(C)CCCN(C)C(C)=O. The lowest BCUT2D eigenvalue weighted by Gasteiger charge is -2.16. The minimum Gasteiger partial charge on any atom is -0.346 e. The zero-order valence-electron chi connectivity index (χ0n) is 9.47. The highest BCUT2D eigenvalue weighted by molar-refractivity contribution is 5.72. The molecule has 1 amide bonds. The third-order valence-corrected chi connectivity index (χ3v) is 2.51. The summed E-state index contributed by atoms with van der Waals surface area (Å²) in [5.74, 6) is 0.980. The van der Waals surface area contributed by atoms with Gasteiger partial charge in [0.1, 0.15) is 0 Å². The normalized spacial score (nSPS) is 12.6. The molecule has 0 aromatic carbocycles. The van der Waals surface area contributed by atoms with E-state index in [1.807, 2.05) is 7.05 Å². The van der Waals surface area contributed by atoms with E-state index >= 15 is 0 Å². The first-order valence-electron chi connectivity index (χ1n) is 5.29. The van der Waals surface area contributed by atoms with Gasteiger partial charge in [0.05, 0.1) is 0 Å². The van der Waals surface area contributed by atoms with E-state index < -0.39 is 0 Å². The van der Waals surface area contributed by atoms with Crippen LogP contribution in [0.3, 0.4) is 0 Å². The molecule has 0 saturated heterocycles. The van der Waals surface area contributed by atoms with E-state index in [4.69, 9.17) is 0 Å². The van der Waals surface area contributed by atoms with Crippen molar-refractivity contribution in [2.24, 2.45) is 5.92 Å². The summed E-state index contributed by atoms with van der Waals surface area (Å²) in [6, 6.07) is 0. The topological polar surface area (TPSA) is 20.3 Å². The number of carbonyl (C=O) groups is 1. The summed E-state index contributed by atoms with van der Waals surface area (Å²) in [5, 5.41) is 0. The van der Waals surface area contributed by atoms with Gasteiger partial charge in [0.25, 0.3) is 0 Å². The molecule has 0 aliphatic rings. The van der Waals surface area contributed by atoms with Crippen LogP contribution >= 0.6 is 0 Å². The van der Waals surface area contributed by atoms with Crippen molar-refractivity contribution < 1.29 is 4.79 Å². The maximum absolute atomic E-state index is 10.9. The average Bonchev–Trinajstić information content (AvgIpc) is 2.04. The smallest absolute Gasteiger partial charge is 0.219 e. The van der Waals surface area contributed by atoms with Gasteiger partial charge >= 0.3 is 0 Å². The van der Waals surface area contributed by atoms with Gasteiger partial charge < -0.3 is 4.90 Å². The molecule has 0 aromatic rings. The Kier molecular flexibility index (Phi) is 6.65. The Labute approximate surface area is 82.3 Å². The molecule has 1 unspecified atom stereocenters. The first kappa shape index (κ1) is 12.5. The maximum Gasteiger partial charge on any atom is 0.219 e. The largest absolute Gasteiger partial charge is 0.346 e. The first-order chi connectivity index (χ1) is 6.07. The predicted molar refractivity (Wildman–Crippen MR) is 56.6 cm³/mol. The quantitative estimate of drug-likeness (QED) is 0.623. The number of hydrogen-bond donors (Lipinski definition) is 0. The lowest BCUT2D eigenvalue weighted by atomic mass is 10.0. The van der Waals surface area contributed by atoms with Gasteiger partial charge in [-0.3, -0.25) is 4.79 Å². The molecular formula is C11H23NO. The van der Waals surface area contributed by atoms with Crippen molar-refractivity contribution in [1.29, 1.82) is 0 Å². The molecule has 2 heteroatoms. The van der Waals surface area contributed by atoms with Crippen molar-refractivity contribution in [3.05, 3.63) is 0 Å². The molecule has 0 radical (unpaired) electrons. The van der Waals surface area contributed by atoms with E-state index in [9.17, 15) is 4.79 Å². The third-order valence-electron chi connectivity index (χ3n) is 2.51. The summed E-state index contributed by atoms with van der Waals surface area (Å²) in [7, 11) is 1.87. The van der Waals surface area contributed by atoms with Gasteiger partial charge in [-0.05, 0) is 18.8 Å². The average molecular weight is 185 g/mol. The lowest BCUT2D eigenvalue weighted by molar-refractivity contribution is -0.127. The summed E-state index contributed by atoms with van der Waals surface area (Å²) >= 11 is 0. The van der Waals surface area contributed by atoms with Gasteiger partial charge in [-0.1, -0.05) is 26.7 Å². The third kappa shape index (κ3) is 6.62. The van der Waals surface area contributed by atoms with Crippen molar-refractivity contribution in [3.63, 3.8) is 0 Å². The minimum atomic E-state index is 0.170. The summed E-state index contributed by atoms with van der Waals surface area (Å²) in [4.78, 5) is 12.7. The van der Waals surface area contributed by atoms with Crippen LogP contribution in [-0.4, -0.2) is 24.4 Å². The van der Waals surface area contributed by atoms with Crippen molar-refractivity contribution >= 4 is 5.91 Å². The molecule has 0 saturated carbocycles. The van der Waals surface area contributed by atoms with Crippen LogP contribution in [0.1, 0.15) is 46.5 Å². The Bertz CT molecular complexity index is 145. The molecule has 0 bridgehead atoms. The van der Waals surface area contributed by atoms with Gasteiger partial charge in [-0.15, -0.1) is 0 Å². The highest BCUT2D eigenvalue weighted by Crippen LogP contribution is 2.12. The number of hydrogen-bond acceptors (Lipinski definition) is 1. The van der Waals surface area contributed by atoms with Gasteiger partial charge in [0, 0.05) is 20.5 Å². The predicted octanol–water partition coefficient (Wildman–Crippen LogP) is 2.68. The van der Waals surface area contributed by atoms with Crippen molar-refractivity contribution in [3.8, 4) is 0 Å². The van der Waals surface area contributed by atoms with Gasteiger partial charge in [0.15, 0.2) is 0 Å². The second kappa shape index (κ2) is 6.93. The Hall–Kier alpha value is -0.530. The van der Waals surface area contributed by atoms with Gasteiger partial charge in [-0.2, -0.15) is 0 Å². The highest BCUT2D eigenvalue weighted by atomic mass is 16.2. The second-order valence-electron chi connectivity index (χ2n) is 3.98. The minimum absolute atomic E-state index is 0.170. The standard InChI is InChI=1S/C11H23NO/c1-5-7-10(2)8-6-9-12(4)11(3)13/h10H,5-9H2,1-4H3. The number of amides is 1. The molecule has 0 aromatic heterocycles. The second-order valence-corrected chi connectivity index (χ2v) is 3.98. The fourth-order valence-corrected chi connectivity index (χ4v) is 1.47. The molecule has 78 valence electrons. The van der Waals surface area contributed by atoms with E-state index in [1.54, 1.807) is 11.8 Å². The van der Waals surface area contributed by atoms with Crippen molar-refractivity contribution in [2.45, 2.75) is 46.5 Å². The molecule has 13 heavy (non-hydrogen) atoms. The molecule has 2 nitrogen and oxygen atoms in total. The van der Waals surface area contributed by atoms with Crippen LogP contribution in [0.2, 0.25) is 0 Å². The molecule has 0 heterocycles. The van der Waals surface area contributed by atoms with E-state index in [-0.39, 0.29) is 5.91 Å².